The molecular formula is C24H23N3O4S. The van der Waals surface area contributed by atoms with Crippen LogP contribution >= 0.6 is 11.3 Å². The van der Waals surface area contributed by atoms with Crippen LogP contribution in [0, 0.1) is 0 Å². The fourth-order valence-corrected chi connectivity index (χ4v) is 4.73. The Morgan fingerprint density at radius 2 is 1.91 bits per heavy atom. The molecule has 1 atom stereocenters. The second-order valence-corrected chi connectivity index (χ2v) is 8.62. The molecule has 0 spiro atoms. The average Bonchev–Trinajstić information content (AvgIpc) is 3.33. The smallest absolute Gasteiger partial charge is 0.268 e. The van der Waals surface area contributed by atoms with Crippen molar-refractivity contribution in [2.45, 2.75) is 13.0 Å². The number of hydrogen-bond acceptors (Lipinski definition) is 6. The molecule has 8 heteroatoms. The number of rotatable bonds is 4. The number of nitrogens with zero attached hydrogens (tertiary/aromatic N) is 3. The van der Waals surface area contributed by atoms with Crippen molar-refractivity contribution in [1.82, 2.24) is 9.88 Å². The number of benzene rings is 2. The molecule has 1 unspecified atom stereocenters. The maximum Gasteiger partial charge on any atom is 0.268 e. The summed E-state index contributed by atoms with van der Waals surface area (Å²) >= 11 is 1.57. The molecule has 0 aliphatic carbocycles. The zero-order chi connectivity index (χ0) is 22.1. The third-order valence-corrected chi connectivity index (χ3v) is 6.54. The highest BCUT2D eigenvalue weighted by Gasteiger charge is 2.34. The summed E-state index contributed by atoms with van der Waals surface area (Å²) in [5.74, 6) is 0.278. The number of thiazole rings is 1. The molecule has 2 aliphatic rings. The Morgan fingerprint density at radius 3 is 2.69 bits per heavy atom. The summed E-state index contributed by atoms with van der Waals surface area (Å²) in [4.78, 5) is 33.9. The van der Waals surface area contributed by atoms with Crippen LogP contribution in [-0.2, 0) is 14.3 Å². The SMILES string of the molecule is CC1Oc2ccc(-c3csc(-c4ccccc4)n3)cc2N(CC(=O)N2CCOCC2)C1=O. The van der Waals surface area contributed by atoms with Crippen molar-refractivity contribution in [3.63, 3.8) is 0 Å². The van der Waals surface area contributed by atoms with Crippen LogP contribution < -0.4 is 9.64 Å². The van der Waals surface area contributed by atoms with E-state index in [-0.39, 0.29) is 18.4 Å². The number of aromatic nitrogens is 1. The Labute approximate surface area is 190 Å². The summed E-state index contributed by atoms with van der Waals surface area (Å²) in [6.45, 7) is 3.82. The van der Waals surface area contributed by atoms with E-state index in [1.165, 1.54) is 4.90 Å². The molecule has 2 aromatic carbocycles. The van der Waals surface area contributed by atoms with E-state index in [9.17, 15) is 9.59 Å². The zero-order valence-electron chi connectivity index (χ0n) is 17.7. The van der Waals surface area contributed by atoms with Gasteiger partial charge in [0.15, 0.2) is 6.10 Å². The Morgan fingerprint density at radius 1 is 1.12 bits per heavy atom. The lowest BCUT2D eigenvalue weighted by atomic mass is 10.1. The van der Waals surface area contributed by atoms with Gasteiger partial charge in [-0.1, -0.05) is 30.3 Å². The van der Waals surface area contributed by atoms with Crippen molar-refractivity contribution >= 4 is 28.8 Å². The number of morpholine rings is 1. The fraction of sp³-hybridized carbons (Fsp3) is 0.292. The molecule has 3 aromatic rings. The van der Waals surface area contributed by atoms with Gasteiger partial charge in [0.25, 0.3) is 5.91 Å². The normalized spacial score (nSPS) is 18.3. The van der Waals surface area contributed by atoms with E-state index < -0.39 is 6.10 Å². The second kappa shape index (κ2) is 8.72. The number of ether oxygens (including phenoxy) is 2. The summed E-state index contributed by atoms with van der Waals surface area (Å²) in [6, 6.07) is 15.7. The lowest BCUT2D eigenvalue weighted by molar-refractivity contribution is -0.136. The van der Waals surface area contributed by atoms with E-state index >= 15 is 0 Å². The highest BCUT2D eigenvalue weighted by atomic mass is 32.1. The molecule has 7 nitrogen and oxygen atoms in total. The van der Waals surface area contributed by atoms with Gasteiger partial charge in [0.05, 0.1) is 24.6 Å². The number of carbonyl (C=O) groups is 2. The Kier molecular flexibility index (Phi) is 5.63. The number of carbonyl (C=O) groups excluding carboxylic acids is 2. The molecular weight excluding hydrogens is 426 g/mol. The Bertz CT molecular complexity index is 1140. The zero-order valence-corrected chi connectivity index (χ0v) is 18.5. The van der Waals surface area contributed by atoms with Crippen LogP contribution in [0.2, 0.25) is 0 Å². The molecule has 1 fully saturated rings. The van der Waals surface area contributed by atoms with Crippen molar-refractivity contribution in [3.8, 4) is 27.6 Å². The monoisotopic (exact) mass is 449 g/mol. The lowest BCUT2D eigenvalue weighted by Gasteiger charge is -2.35. The standard InChI is InChI=1S/C24H23N3O4S/c1-16-24(29)27(14-22(28)26-9-11-30-12-10-26)20-13-18(7-8-21(20)31-16)19-15-32-23(25-19)17-5-3-2-4-6-17/h2-8,13,15-16H,9-12,14H2,1H3. The van der Waals surface area contributed by atoms with Crippen LogP contribution in [0.15, 0.2) is 53.9 Å². The summed E-state index contributed by atoms with van der Waals surface area (Å²) in [5.41, 5.74) is 3.35. The van der Waals surface area contributed by atoms with E-state index in [1.807, 2.05) is 53.9 Å². The van der Waals surface area contributed by atoms with Gasteiger partial charge in [0, 0.05) is 29.6 Å². The largest absolute Gasteiger partial charge is 0.479 e. The maximum atomic E-state index is 12.9. The molecule has 0 radical (unpaired) electrons. The third-order valence-electron chi connectivity index (χ3n) is 5.65. The van der Waals surface area contributed by atoms with Crippen molar-refractivity contribution in [2.75, 3.05) is 37.7 Å². The number of hydrogen-bond donors (Lipinski definition) is 0. The van der Waals surface area contributed by atoms with Crippen LogP contribution in [0.1, 0.15) is 6.92 Å². The molecule has 3 heterocycles. The molecule has 0 N–H and O–H groups in total. The molecule has 1 saturated heterocycles. The van der Waals surface area contributed by atoms with E-state index in [1.54, 1.807) is 23.2 Å². The number of amides is 2. The summed E-state index contributed by atoms with van der Waals surface area (Å²) in [7, 11) is 0. The van der Waals surface area contributed by atoms with Gasteiger partial charge < -0.3 is 14.4 Å². The molecule has 1 aromatic heterocycles. The predicted molar refractivity (Wildman–Crippen MR) is 123 cm³/mol. The van der Waals surface area contributed by atoms with Crippen molar-refractivity contribution in [2.24, 2.45) is 0 Å². The van der Waals surface area contributed by atoms with Gasteiger partial charge in [-0.2, -0.15) is 0 Å². The molecule has 32 heavy (non-hydrogen) atoms. The van der Waals surface area contributed by atoms with Gasteiger partial charge in [0.2, 0.25) is 5.91 Å². The topological polar surface area (TPSA) is 72.0 Å². The van der Waals surface area contributed by atoms with Crippen molar-refractivity contribution in [1.29, 1.82) is 0 Å². The van der Waals surface area contributed by atoms with Gasteiger partial charge in [-0.15, -0.1) is 11.3 Å². The minimum atomic E-state index is -0.644. The molecule has 2 aliphatic heterocycles. The van der Waals surface area contributed by atoms with E-state index in [0.29, 0.717) is 37.7 Å². The highest BCUT2D eigenvalue weighted by molar-refractivity contribution is 7.13. The minimum absolute atomic E-state index is 0.0185. The average molecular weight is 450 g/mol. The van der Waals surface area contributed by atoms with Crippen molar-refractivity contribution in [3.05, 3.63) is 53.9 Å². The predicted octanol–water partition coefficient (Wildman–Crippen LogP) is 3.45. The lowest BCUT2D eigenvalue weighted by Crippen LogP contribution is -2.51. The van der Waals surface area contributed by atoms with E-state index in [2.05, 4.69) is 0 Å². The summed E-state index contributed by atoms with van der Waals surface area (Å²) in [5, 5.41) is 2.93. The first-order chi connectivity index (χ1) is 15.6. The molecule has 2 amide bonds. The first kappa shape index (κ1) is 20.7. The first-order valence-electron chi connectivity index (χ1n) is 10.6. The molecule has 164 valence electrons. The van der Waals surface area contributed by atoms with Crippen LogP contribution in [0.3, 0.4) is 0 Å². The number of anilines is 1. The van der Waals surface area contributed by atoms with Gasteiger partial charge in [-0.05, 0) is 25.1 Å². The highest BCUT2D eigenvalue weighted by Crippen LogP contribution is 2.38. The van der Waals surface area contributed by atoms with Crippen LogP contribution in [0.4, 0.5) is 5.69 Å². The Balaban J connectivity index is 1.45. The summed E-state index contributed by atoms with van der Waals surface area (Å²) < 4.78 is 11.1. The fourth-order valence-electron chi connectivity index (χ4n) is 3.90. The molecule has 0 bridgehead atoms. The van der Waals surface area contributed by atoms with E-state index in [0.717, 1.165) is 21.8 Å². The Hall–Kier alpha value is -3.23. The van der Waals surface area contributed by atoms with Crippen LogP contribution in [0.5, 0.6) is 5.75 Å². The third kappa shape index (κ3) is 3.99. The van der Waals surface area contributed by atoms with E-state index in [4.69, 9.17) is 14.5 Å². The molecule has 5 rings (SSSR count). The molecule has 0 saturated carbocycles. The number of fused-ring (bicyclic) bond motifs is 1. The van der Waals surface area contributed by atoms with Crippen LogP contribution in [-0.4, -0.2) is 60.7 Å². The quantitative estimate of drug-likeness (QED) is 0.610. The van der Waals surface area contributed by atoms with Gasteiger partial charge in [-0.25, -0.2) is 4.98 Å². The minimum Gasteiger partial charge on any atom is -0.479 e. The maximum absolute atomic E-state index is 12.9. The van der Waals surface area contributed by atoms with Crippen LogP contribution in [0.25, 0.3) is 21.8 Å². The van der Waals surface area contributed by atoms with Gasteiger partial charge in [0.1, 0.15) is 17.3 Å². The summed E-state index contributed by atoms with van der Waals surface area (Å²) in [6.07, 6.45) is -0.644. The van der Waals surface area contributed by atoms with Gasteiger partial charge >= 0.3 is 0 Å². The first-order valence-corrected chi connectivity index (χ1v) is 11.5. The second-order valence-electron chi connectivity index (χ2n) is 7.76. The van der Waals surface area contributed by atoms with Gasteiger partial charge in [-0.3, -0.25) is 14.5 Å². The van der Waals surface area contributed by atoms with Crippen molar-refractivity contribution < 1.29 is 19.1 Å².